The van der Waals surface area contributed by atoms with Crippen molar-refractivity contribution in [1.82, 2.24) is 15.1 Å². The zero-order valence-corrected chi connectivity index (χ0v) is 14.5. The lowest BCUT2D eigenvalue weighted by molar-refractivity contribution is -0.0493. The van der Waals surface area contributed by atoms with Gasteiger partial charge in [-0.25, -0.2) is 0 Å². The first-order valence-corrected chi connectivity index (χ1v) is 8.01. The number of alkyl halides is 2. The van der Waals surface area contributed by atoms with Gasteiger partial charge in [-0.15, -0.1) is 0 Å². The molecule has 24 heavy (non-hydrogen) atoms. The van der Waals surface area contributed by atoms with E-state index in [9.17, 15) is 8.78 Å². The predicted octanol–water partition coefficient (Wildman–Crippen LogP) is 3.82. The number of aromatic nitrogens is 2. The van der Waals surface area contributed by atoms with Crippen LogP contribution in [0.3, 0.4) is 0 Å². The first kappa shape index (κ1) is 18.4. The standard InChI is InChI=1S/C15H17ClF2N4OS/c1-10-3-4-12(13(7-10)23-14(17)18)21-15(24)19-5-2-6-22-9-11(16)8-20-22/h3-4,7-9,14H,2,5-6H2,1H3,(H2,19,21,24). The van der Waals surface area contributed by atoms with Crippen LogP contribution in [0.5, 0.6) is 5.75 Å². The molecule has 1 aromatic carbocycles. The van der Waals surface area contributed by atoms with Crippen LogP contribution in [0, 0.1) is 6.92 Å². The summed E-state index contributed by atoms with van der Waals surface area (Å²) >= 11 is 10.9. The van der Waals surface area contributed by atoms with Gasteiger partial charge in [0, 0.05) is 19.3 Å². The molecule has 0 amide bonds. The van der Waals surface area contributed by atoms with E-state index in [-0.39, 0.29) is 5.75 Å². The Hall–Kier alpha value is -1.93. The van der Waals surface area contributed by atoms with Crippen LogP contribution in [0.4, 0.5) is 14.5 Å². The summed E-state index contributed by atoms with van der Waals surface area (Å²) < 4.78 is 31.2. The van der Waals surface area contributed by atoms with Gasteiger partial charge in [0.05, 0.1) is 16.9 Å². The molecular formula is C15H17ClF2N4OS. The largest absolute Gasteiger partial charge is 0.433 e. The Morgan fingerprint density at radius 3 is 2.92 bits per heavy atom. The van der Waals surface area contributed by atoms with Crippen LogP contribution in [0.1, 0.15) is 12.0 Å². The van der Waals surface area contributed by atoms with Crippen LogP contribution < -0.4 is 15.4 Å². The number of nitrogens with zero attached hydrogens (tertiary/aromatic N) is 2. The number of hydrogen-bond acceptors (Lipinski definition) is 3. The van der Waals surface area contributed by atoms with Crippen LogP contribution in [0.25, 0.3) is 0 Å². The molecule has 1 aromatic heterocycles. The lowest BCUT2D eigenvalue weighted by Crippen LogP contribution is -2.30. The molecule has 130 valence electrons. The van der Waals surface area contributed by atoms with Gasteiger partial charge in [-0.3, -0.25) is 4.68 Å². The van der Waals surface area contributed by atoms with E-state index in [1.165, 1.54) is 6.07 Å². The van der Waals surface area contributed by atoms with Crippen LogP contribution in [0.15, 0.2) is 30.6 Å². The van der Waals surface area contributed by atoms with Gasteiger partial charge in [-0.2, -0.15) is 13.9 Å². The van der Waals surface area contributed by atoms with E-state index in [4.69, 9.17) is 23.8 Å². The van der Waals surface area contributed by atoms with Crippen molar-refractivity contribution in [3.63, 3.8) is 0 Å². The summed E-state index contributed by atoms with van der Waals surface area (Å²) in [7, 11) is 0. The third-order valence-corrected chi connectivity index (χ3v) is 3.49. The second kappa shape index (κ2) is 8.79. The van der Waals surface area contributed by atoms with Gasteiger partial charge in [0.15, 0.2) is 5.11 Å². The maximum atomic E-state index is 12.5. The minimum atomic E-state index is -2.89. The molecule has 0 unspecified atom stereocenters. The molecule has 5 nitrogen and oxygen atoms in total. The van der Waals surface area contributed by atoms with Crippen molar-refractivity contribution < 1.29 is 13.5 Å². The summed E-state index contributed by atoms with van der Waals surface area (Å²) in [5, 5.41) is 10.9. The quantitative estimate of drug-likeness (QED) is 0.570. The smallest absolute Gasteiger partial charge is 0.387 e. The lowest BCUT2D eigenvalue weighted by atomic mass is 10.2. The molecule has 0 aliphatic heterocycles. The SMILES string of the molecule is Cc1ccc(NC(=S)NCCCn2cc(Cl)cn2)c(OC(F)F)c1. The van der Waals surface area contributed by atoms with Gasteiger partial charge in [-0.05, 0) is 43.3 Å². The topological polar surface area (TPSA) is 51.1 Å². The van der Waals surface area contributed by atoms with Crippen LogP contribution in [-0.4, -0.2) is 28.0 Å². The van der Waals surface area contributed by atoms with E-state index in [2.05, 4.69) is 20.5 Å². The summed E-state index contributed by atoms with van der Waals surface area (Å²) in [5.41, 5.74) is 1.20. The number of rotatable bonds is 7. The van der Waals surface area contributed by atoms with Gasteiger partial charge in [-0.1, -0.05) is 17.7 Å². The van der Waals surface area contributed by atoms with Crippen LogP contribution >= 0.6 is 23.8 Å². The average molecular weight is 375 g/mol. The van der Waals surface area contributed by atoms with Gasteiger partial charge in [0.25, 0.3) is 0 Å². The van der Waals surface area contributed by atoms with E-state index in [1.54, 1.807) is 36.1 Å². The molecule has 0 saturated carbocycles. The van der Waals surface area contributed by atoms with E-state index < -0.39 is 6.61 Å². The zero-order valence-electron chi connectivity index (χ0n) is 12.9. The number of nitrogens with one attached hydrogen (secondary N) is 2. The number of aryl methyl sites for hydroxylation is 2. The number of thiocarbonyl (C=S) groups is 1. The monoisotopic (exact) mass is 374 g/mol. The summed E-state index contributed by atoms with van der Waals surface area (Å²) in [6.45, 7) is 0.183. The third kappa shape index (κ3) is 5.93. The van der Waals surface area contributed by atoms with Crippen molar-refractivity contribution in [1.29, 1.82) is 0 Å². The second-order valence-corrected chi connectivity index (χ2v) is 5.88. The molecule has 0 aliphatic rings. The van der Waals surface area contributed by atoms with E-state index >= 15 is 0 Å². The van der Waals surface area contributed by atoms with E-state index in [0.29, 0.717) is 28.9 Å². The van der Waals surface area contributed by atoms with E-state index in [0.717, 1.165) is 12.0 Å². The Morgan fingerprint density at radius 2 is 2.25 bits per heavy atom. The summed E-state index contributed by atoms with van der Waals surface area (Å²) in [6, 6.07) is 4.95. The molecule has 0 fully saturated rings. The molecule has 0 radical (unpaired) electrons. The molecule has 2 rings (SSSR count). The fourth-order valence-electron chi connectivity index (χ4n) is 2.00. The Labute approximate surface area is 148 Å². The van der Waals surface area contributed by atoms with Gasteiger partial charge >= 0.3 is 6.61 Å². The normalized spacial score (nSPS) is 10.7. The lowest BCUT2D eigenvalue weighted by Gasteiger charge is -2.15. The second-order valence-electron chi connectivity index (χ2n) is 5.03. The summed E-state index contributed by atoms with van der Waals surface area (Å²) in [4.78, 5) is 0. The molecule has 2 aromatic rings. The maximum absolute atomic E-state index is 12.5. The molecule has 1 heterocycles. The van der Waals surface area contributed by atoms with Gasteiger partial charge in [0.1, 0.15) is 5.75 Å². The molecule has 9 heteroatoms. The van der Waals surface area contributed by atoms with Gasteiger partial charge < -0.3 is 15.4 Å². The van der Waals surface area contributed by atoms with Crippen molar-refractivity contribution in [3.05, 3.63) is 41.2 Å². The first-order valence-electron chi connectivity index (χ1n) is 7.22. The number of benzene rings is 1. The van der Waals surface area contributed by atoms with Crippen molar-refractivity contribution >= 4 is 34.6 Å². The average Bonchev–Trinajstić information content (AvgIpc) is 2.91. The Kier molecular flexibility index (Phi) is 6.74. The molecule has 2 N–H and O–H groups in total. The summed E-state index contributed by atoms with van der Waals surface area (Å²) in [6.07, 6.45) is 4.08. The molecule has 0 atom stereocenters. The van der Waals surface area contributed by atoms with Gasteiger partial charge in [0.2, 0.25) is 0 Å². The Morgan fingerprint density at radius 1 is 1.46 bits per heavy atom. The number of ether oxygens (including phenoxy) is 1. The van der Waals surface area contributed by atoms with Crippen LogP contribution in [-0.2, 0) is 6.54 Å². The molecule has 0 spiro atoms. The maximum Gasteiger partial charge on any atom is 0.387 e. The highest BCUT2D eigenvalue weighted by Gasteiger charge is 2.11. The molecule has 0 aliphatic carbocycles. The fourth-order valence-corrected chi connectivity index (χ4v) is 2.36. The first-order chi connectivity index (χ1) is 11.4. The van der Waals surface area contributed by atoms with Crippen molar-refractivity contribution in [2.75, 3.05) is 11.9 Å². The zero-order chi connectivity index (χ0) is 17.5. The minimum absolute atomic E-state index is 0.0559. The van der Waals surface area contributed by atoms with Crippen molar-refractivity contribution in [2.45, 2.75) is 26.5 Å². The predicted molar refractivity (Wildman–Crippen MR) is 93.9 cm³/mol. The van der Waals surface area contributed by atoms with E-state index in [1.807, 2.05) is 0 Å². The third-order valence-electron chi connectivity index (χ3n) is 3.05. The number of hydrogen-bond donors (Lipinski definition) is 2. The highest BCUT2D eigenvalue weighted by molar-refractivity contribution is 7.80. The highest BCUT2D eigenvalue weighted by Crippen LogP contribution is 2.27. The minimum Gasteiger partial charge on any atom is -0.433 e. The number of anilines is 1. The molecule has 0 bridgehead atoms. The Bertz CT molecular complexity index is 696. The van der Waals surface area contributed by atoms with Crippen LogP contribution in [0.2, 0.25) is 5.02 Å². The molecular weight excluding hydrogens is 358 g/mol. The van der Waals surface area contributed by atoms with Crippen molar-refractivity contribution in [2.24, 2.45) is 0 Å². The Balaban J connectivity index is 1.81. The van der Waals surface area contributed by atoms with Crippen molar-refractivity contribution in [3.8, 4) is 5.75 Å². The molecule has 0 saturated heterocycles. The fraction of sp³-hybridized carbons (Fsp3) is 0.333. The highest BCUT2D eigenvalue weighted by atomic mass is 35.5. The summed E-state index contributed by atoms with van der Waals surface area (Å²) in [5.74, 6) is 0.0559. The number of halogens is 3.